The molecule has 0 amide bonds. The first-order valence-corrected chi connectivity index (χ1v) is 8.96. The molecule has 0 fully saturated rings. The van der Waals surface area contributed by atoms with Gasteiger partial charge in [-0.1, -0.05) is 24.3 Å². The van der Waals surface area contributed by atoms with Gasteiger partial charge in [0.1, 0.15) is 0 Å². The van der Waals surface area contributed by atoms with Crippen molar-refractivity contribution < 1.29 is 0 Å². The van der Waals surface area contributed by atoms with Crippen LogP contribution in [-0.2, 0) is 6.42 Å². The molecule has 1 atom stereocenters. The number of aromatic nitrogens is 1. The van der Waals surface area contributed by atoms with Gasteiger partial charge in [0.2, 0.25) is 0 Å². The van der Waals surface area contributed by atoms with Crippen molar-refractivity contribution in [1.82, 2.24) is 4.98 Å². The summed E-state index contributed by atoms with van der Waals surface area (Å²) in [4.78, 5) is 4.58. The SMILES string of the molecule is Cc1ccc(-c2cc(C)c(-c3cccc4c3CC[C@H]4N)c(C)c2)nc1. The lowest BCUT2D eigenvalue weighted by molar-refractivity contribution is 0.713. The maximum atomic E-state index is 6.27. The summed E-state index contributed by atoms with van der Waals surface area (Å²) in [7, 11) is 0. The van der Waals surface area contributed by atoms with Gasteiger partial charge in [0.05, 0.1) is 5.69 Å². The average molecular weight is 328 g/mol. The molecule has 0 spiro atoms. The fourth-order valence-electron chi connectivity index (χ4n) is 4.10. The summed E-state index contributed by atoms with van der Waals surface area (Å²) in [6.45, 7) is 6.47. The van der Waals surface area contributed by atoms with E-state index in [2.05, 4.69) is 68.2 Å². The molecule has 2 nitrogen and oxygen atoms in total. The molecule has 3 aromatic rings. The third kappa shape index (κ3) is 2.77. The van der Waals surface area contributed by atoms with Gasteiger partial charge in [-0.2, -0.15) is 0 Å². The molecule has 0 radical (unpaired) electrons. The third-order valence-electron chi connectivity index (χ3n) is 5.33. The van der Waals surface area contributed by atoms with Crippen LogP contribution in [0, 0.1) is 20.8 Å². The van der Waals surface area contributed by atoms with Crippen LogP contribution in [0.1, 0.15) is 40.3 Å². The lowest BCUT2D eigenvalue weighted by Gasteiger charge is -2.16. The van der Waals surface area contributed by atoms with Crippen LogP contribution in [0.4, 0.5) is 0 Å². The van der Waals surface area contributed by atoms with Crippen LogP contribution in [0.15, 0.2) is 48.7 Å². The fourth-order valence-corrected chi connectivity index (χ4v) is 4.10. The van der Waals surface area contributed by atoms with Crippen LogP contribution in [0.2, 0.25) is 0 Å². The van der Waals surface area contributed by atoms with E-state index in [0.717, 1.165) is 18.5 Å². The van der Waals surface area contributed by atoms with E-state index in [1.807, 2.05) is 6.20 Å². The highest BCUT2D eigenvalue weighted by molar-refractivity contribution is 5.79. The molecule has 0 unspecified atom stereocenters. The maximum Gasteiger partial charge on any atom is 0.0702 e. The number of pyridine rings is 1. The molecule has 0 bridgehead atoms. The number of nitrogens with zero attached hydrogens (tertiary/aromatic N) is 1. The van der Waals surface area contributed by atoms with Gasteiger partial charge < -0.3 is 5.73 Å². The molecule has 0 saturated carbocycles. The first kappa shape index (κ1) is 16.0. The zero-order chi connectivity index (χ0) is 17.6. The molecule has 4 rings (SSSR count). The van der Waals surface area contributed by atoms with E-state index < -0.39 is 0 Å². The summed E-state index contributed by atoms with van der Waals surface area (Å²) in [6, 6.07) is 15.5. The Bertz CT molecular complexity index is 916. The minimum absolute atomic E-state index is 0.187. The van der Waals surface area contributed by atoms with Crippen molar-refractivity contribution >= 4 is 0 Å². The summed E-state index contributed by atoms with van der Waals surface area (Å²) >= 11 is 0. The Balaban J connectivity index is 1.84. The second-order valence-electron chi connectivity index (χ2n) is 7.22. The molecule has 1 aliphatic carbocycles. The number of nitrogens with two attached hydrogens (primary N) is 1. The molecule has 126 valence electrons. The topological polar surface area (TPSA) is 38.9 Å². The Hall–Kier alpha value is -2.45. The van der Waals surface area contributed by atoms with Crippen LogP contribution in [-0.4, -0.2) is 4.98 Å². The summed E-state index contributed by atoms with van der Waals surface area (Å²) < 4.78 is 0. The van der Waals surface area contributed by atoms with E-state index >= 15 is 0 Å². The van der Waals surface area contributed by atoms with Crippen LogP contribution < -0.4 is 5.73 Å². The normalized spacial score (nSPS) is 16.1. The quantitative estimate of drug-likeness (QED) is 0.694. The Morgan fingerprint density at radius 1 is 1.00 bits per heavy atom. The molecule has 1 aromatic heterocycles. The van der Waals surface area contributed by atoms with Crippen molar-refractivity contribution in [2.75, 3.05) is 0 Å². The number of hydrogen-bond acceptors (Lipinski definition) is 2. The molecule has 1 aliphatic rings. The van der Waals surface area contributed by atoms with Gasteiger partial charge in [-0.05, 0) is 90.8 Å². The molecule has 0 aliphatic heterocycles. The molecule has 2 heteroatoms. The minimum Gasteiger partial charge on any atom is -0.324 e. The first-order chi connectivity index (χ1) is 12.0. The molecular weight excluding hydrogens is 304 g/mol. The van der Waals surface area contributed by atoms with Crippen molar-refractivity contribution in [3.63, 3.8) is 0 Å². The number of hydrogen-bond donors (Lipinski definition) is 1. The van der Waals surface area contributed by atoms with Crippen molar-refractivity contribution in [3.8, 4) is 22.4 Å². The number of fused-ring (bicyclic) bond motifs is 1. The lowest BCUT2D eigenvalue weighted by Crippen LogP contribution is -2.05. The summed E-state index contributed by atoms with van der Waals surface area (Å²) in [5, 5.41) is 0. The zero-order valence-corrected chi connectivity index (χ0v) is 15.1. The molecule has 1 heterocycles. The lowest BCUT2D eigenvalue weighted by atomic mass is 9.88. The number of rotatable bonds is 2. The monoisotopic (exact) mass is 328 g/mol. The average Bonchev–Trinajstić information content (AvgIpc) is 2.97. The van der Waals surface area contributed by atoms with Crippen molar-refractivity contribution in [2.45, 2.75) is 39.7 Å². The first-order valence-electron chi connectivity index (χ1n) is 8.96. The molecule has 2 N–H and O–H groups in total. The second-order valence-corrected chi connectivity index (χ2v) is 7.22. The fraction of sp³-hybridized carbons (Fsp3) is 0.261. The summed E-state index contributed by atoms with van der Waals surface area (Å²) in [5.41, 5.74) is 17.7. The van der Waals surface area contributed by atoms with Gasteiger partial charge in [0.25, 0.3) is 0 Å². The Kier molecular flexibility index (Phi) is 3.93. The summed E-state index contributed by atoms with van der Waals surface area (Å²) in [6.07, 6.45) is 4.06. The van der Waals surface area contributed by atoms with Crippen LogP contribution >= 0.6 is 0 Å². The van der Waals surface area contributed by atoms with Gasteiger partial charge >= 0.3 is 0 Å². The van der Waals surface area contributed by atoms with E-state index in [1.165, 1.54) is 44.5 Å². The largest absolute Gasteiger partial charge is 0.324 e. The van der Waals surface area contributed by atoms with E-state index in [4.69, 9.17) is 5.73 Å². The molecule has 0 saturated heterocycles. The molecule has 2 aromatic carbocycles. The highest BCUT2D eigenvalue weighted by Crippen LogP contribution is 2.40. The van der Waals surface area contributed by atoms with Crippen LogP contribution in [0.25, 0.3) is 22.4 Å². The van der Waals surface area contributed by atoms with Gasteiger partial charge in [-0.3, -0.25) is 4.98 Å². The highest BCUT2D eigenvalue weighted by atomic mass is 14.7. The van der Waals surface area contributed by atoms with E-state index in [1.54, 1.807) is 0 Å². The van der Waals surface area contributed by atoms with Gasteiger partial charge in [-0.15, -0.1) is 0 Å². The van der Waals surface area contributed by atoms with E-state index in [9.17, 15) is 0 Å². The zero-order valence-electron chi connectivity index (χ0n) is 15.1. The Morgan fingerprint density at radius 2 is 1.76 bits per heavy atom. The summed E-state index contributed by atoms with van der Waals surface area (Å²) in [5.74, 6) is 0. The smallest absolute Gasteiger partial charge is 0.0702 e. The standard InChI is InChI=1S/C23H24N2/c1-14-7-10-22(25-13-14)17-11-15(2)23(16(3)12-17)20-6-4-5-19-18(20)8-9-21(19)24/h4-7,10-13,21H,8-9,24H2,1-3H3/t21-/m1/s1. The van der Waals surface area contributed by atoms with Crippen LogP contribution in [0.5, 0.6) is 0 Å². The van der Waals surface area contributed by atoms with E-state index in [0.29, 0.717) is 0 Å². The maximum absolute atomic E-state index is 6.27. The van der Waals surface area contributed by atoms with Gasteiger partial charge in [0, 0.05) is 17.8 Å². The highest BCUT2D eigenvalue weighted by Gasteiger charge is 2.23. The minimum atomic E-state index is 0.187. The van der Waals surface area contributed by atoms with Gasteiger partial charge in [-0.25, -0.2) is 0 Å². The Labute approximate surface area is 149 Å². The Morgan fingerprint density at radius 3 is 2.44 bits per heavy atom. The molecule has 25 heavy (non-hydrogen) atoms. The van der Waals surface area contributed by atoms with E-state index in [-0.39, 0.29) is 6.04 Å². The predicted octanol–water partition coefficient (Wildman–Crippen LogP) is 5.29. The van der Waals surface area contributed by atoms with Crippen molar-refractivity contribution in [3.05, 3.63) is 76.5 Å². The third-order valence-corrected chi connectivity index (χ3v) is 5.33. The number of benzene rings is 2. The number of aryl methyl sites for hydroxylation is 3. The van der Waals surface area contributed by atoms with Crippen molar-refractivity contribution in [2.24, 2.45) is 5.73 Å². The molecular formula is C23H24N2. The second kappa shape index (κ2) is 6.12. The van der Waals surface area contributed by atoms with Crippen LogP contribution in [0.3, 0.4) is 0 Å². The van der Waals surface area contributed by atoms with Crippen molar-refractivity contribution in [1.29, 1.82) is 0 Å². The van der Waals surface area contributed by atoms with Gasteiger partial charge in [0.15, 0.2) is 0 Å². The predicted molar refractivity (Wildman–Crippen MR) is 105 cm³/mol.